The zero-order chi connectivity index (χ0) is 29.0. The van der Waals surface area contributed by atoms with Crippen LogP contribution in [-0.2, 0) is 12.6 Å². The van der Waals surface area contributed by atoms with E-state index in [0.717, 1.165) is 11.8 Å². The first kappa shape index (κ1) is 27.5. The number of hydrogen-bond donors (Lipinski definition) is 3. The standard InChI is InChI=1S/C28H25F3N8O2/c1-18(40)16-34-27-33-11-10-23(37-27)38-13-12-32-24(38)15-19-6-5-7-20(14-19)36-26(41)22-17-35-39(25(22)28(29,30)31)21-8-3-2-4-9-21/h2-14,17-18,40H,15-16H2,1H3,(H,36,41)(H,33,34,37). The first-order chi connectivity index (χ1) is 19.7. The molecule has 3 aromatic heterocycles. The number of carbonyl (C=O) groups is 1. The largest absolute Gasteiger partial charge is 0.434 e. The lowest BCUT2D eigenvalue weighted by atomic mass is 10.1. The van der Waals surface area contributed by atoms with E-state index in [1.807, 2.05) is 6.07 Å². The van der Waals surface area contributed by atoms with Crippen molar-refractivity contribution >= 4 is 17.5 Å². The van der Waals surface area contributed by atoms with Crippen molar-refractivity contribution < 1.29 is 23.1 Å². The van der Waals surface area contributed by atoms with E-state index in [4.69, 9.17) is 0 Å². The molecule has 13 heteroatoms. The molecule has 0 saturated carbocycles. The first-order valence-corrected chi connectivity index (χ1v) is 12.6. The summed E-state index contributed by atoms with van der Waals surface area (Å²) < 4.78 is 44.5. The highest BCUT2D eigenvalue weighted by atomic mass is 19.4. The Labute approximate surface area is 232 Å². The van der Waals surface area contributed by atoms with E-state index in [-0.39, 0.29) is 12.2 Å². The van der Waals surface area contributed by atoms with Crippen LogP contribution in [0.2, 0.25) is 0 Å². The number of nitrogens with zero attached hydrogens (tertiary/aromatic N) is 6. The van der Waals surface area contributed by atoms with Gasteiger partial charge in [0.15, 0.2) is 5.69 Å². The summed E-state index contributed by atoms with van der Waals surface area (Å²) in [5, 5.41) is 18.9. The Morgan fingerprint density at radius 1 is 1.05 bits per heavy atom. The van der Waals surface area contributed by atoms with Gasteiger partial charge in [-0.1, -0.05) is 30.3 Å². The smallest absolute Gasteiger partial charge is 0.392 e. The molecule has 0 aliphatic rings. The molecular formula is C28H25F3N8O2. The van der Waals surface area contributed by atoms with Crippen molar-refractivity contribution in [1.82, 2.24) is 29.3 Å². The van der Waals surface area contributed by atoms with Crippen molar-refractivity contribution in [3.63, 3.8) is 0 Å². The average molecular weight is 563 g/mol. The first-order valence-electron chi connectivity index (χ1n) is 12.6. The van der Waals surface area contributed by atoms with Crippen LogP contribution in [0.4, 0.5) is 24.8 Å². The summed E-state index contributed by atoms with van der Waals surface area (Å²) in [4.78, 5) is 26.0. The minimum absolute atomic E-state index is 0.186. The molecule has 0 aliphatic heterocycles. The van der Waals surface area contributed by atoms with Gasteiger partial charge in [0.25, 0.3) is 5.91 Å². The Morgan fingerprint density at radius 2 is 1.85 bits per heavy atom. The maximum absolute atomic E-state index is 14.0. The lowest BCUT2D eigenvalue weighted by molar-refractivity contribution is -0.143. The highest BCUT2D eigenvalue weighted by Gasteiger charge is 2.40. The van der Waals surface area contributed by atoms with Crippen LogP contribution in [0.1, 0.15) is 34.4 Å². The predicted octanol–water partition coefficient (Wildman–Crippen LogP) is 4.50. The summed E-state index contributed by atoms with van der Waals surface area (Å²) in [6, 6.07) is 16.3. The molecule has 3 N–H and O–H groups in total. The van der Waals surface area contributed by atoms with Crippen molar-refractivity contribution in [3.05, 3.63) is 108 Å². The monoisotopic (exact) mass is 562 g/mol. The van der Waals surface area contributed by atoms with E-state index in [1.165, 1.54) is 12.1 Å². The summed E-state index contributed by atoms with van der Waals surface area (Å²) in [6.07, 6.45) is 0.819. The van der Waals surface area contributed by atoms with Gasteiger partial charge in [-0.15, -0.1) is 0 Å². The van der Waals surface area contributed by atoms with Gasteiger partial charge in [0, 0.05) is 37.2 Å². The molecule has 41 heavy (non-hydrogen) atoms. The number of carbonyl (C=O) groups excluding carboxylic acids is 1. The van der Waals surface area contributed by atoms with Gasteiger partial charge in [0.05, 0.1) is 23.6 Å². The highest BCUT2D eigenvalue weighted by molar-refractivity contribution is 6.05. The number of aromatic nitrogens is 6. The number of aliphatic hydroxyl groups is 1. The summed E-state index contributed by atoms with van der Waals surface area (Å²) in [5.41, 5.74) is -0.492. The number of para-hydroxylation sites is 1. The third kappa shape index (κ3) is 6.41. The van der Waals surface area contributed by atoms with Gasteiger partial charge in [-0.2, -0.15) is 23.3 Å². The van der Waals surface area contributed by atoms with E-state index < -0.39 is 29.4 Å². The van der Waals surface area contributed by atoms with Gasteiger partial charge in [0.1, 0.15) is 11.6 Å². The third-order valence-corrected chi connectivity index (χ3v) is 5.99. The van der Waals surface area contributed by atoms with Gasteiger partial charge in [-0.25, -0.2) is 14.6 Å². The minimum Gasteiger partial charge on any atom is -0.392 e. The van der Waals surface area contributed by atoms with Gasteiger partial charge in [0.2, 0.25) is 5.95 Å². The average Bonchev–Trinajstić information content (AvgIpc) is 3.61. The molecule has 0 saturated heterocycles. The number of halogens is 3. The van der Waals surface area contributed by atoms with E-state index in [0.29, 0.717) is 34.4 Å². The van der Waals surface area contributed by atoms with Crippen molar-refractivity contribution in [2.45, 2.75) is 25.6 Å². The number of aliphatic hydroxyl groups excluding tert-OH is 1. The molecule has 2 aromatic carbocycles. The molecule has 0 aliphatic carbocycles. The fourth-order valence-corrected chi connectivity index (χ4v) is 4.17. The fraction of sp³-hybridized carbons (Fsp3) is 0.179. The Morgan fingerprint density at radius 3 is 2.61 bits per heavy atom. The van der Waals surface area contributed by atoms with E-state index in [1.54, 1.807) is 72.5 Å². The summed E-state index contributed by atoms with van der Waals surface area (Å²) >= 11 is 0. The number of benzene rings is 2. The van der Waals surface area contributed by atoms with Crippen molar-refractivity contribution in [3.8, 4) is 11.5 Å². The van der Waals surface area contributed by atoms with Crippen molar-refractivity contribution in [2.24, 2.45) is 0 Å². The second-order valence-electron chi connectivity index (χ2n) is 9.17. The number of rotatable bonds is 9. The molecule has 3 heterocycles. The maximum atomic E-state index is 14.0. The number of anilines is 2. The van der Waals surface area contributed by atoms with Crippen LogP contribution >= 0.6 is 0 Å². The predicted molar refractivity (Wildman–Crippen MR) is 145 cm³/mol. The summed E-state index contributed by atoms with van der Waals surface area (Å²) in [6.45, 7) is 1.94. The molecular weight excluding hydrogens is 537 g/mol. The second-order valence-corrected chi connectivity index (χ2v) is 9.17. The number of hydrogen-bond acceptors (Lipinski definition) is 7. The molecule has 0 bridgehead atoms. The topological polar surface area (TPSA) is 123 Å². The molecule has 0 spiro atoms. The van der Waals surface area contributed by atoms with Gasteiger partial charge >= 0.3 is 6.18 Å². The zero-order valence-corrected chi connectivity index (χ0v) is 21.7. The number of alkyl halides is 3. The lowest BCUT2D eigenvalue weighted by Gasteiger charge is -2.13. The molecule has 5 rings (SSSR count). The van der Waals surface area contributed by atoms with Gasteiger partial charge in [-0.05, 0) is 42.8 Å². The van der Waals surface area contributed by atoms with E-state index in [2.05, 4.69) is 30.7 Å². The molecule has 1 atom stereocenters. The number of amides is 1. The van der Waals surface area contributed by atoms with E-state index >= 15 is 0 Å². The lowest BCUT2D eigenvalue weighted by Crippen LogP contribution is -2.20. The SMILES string of the molecule is CC(O)CNc1nccc(-n2ccnc2Cc2cccc(NC(=O)c3cnn(-c4ccccc4)c3C(F)(F)F)c2)n1. The third-order valence-electron chi connectivity index (χ3n) is 5.99. The van der Waals surface area contributed by atoms with Gasteiger partial charge in [-0.3, -0.25) is 9.36 Å². The Balaban J connectivity index is 1.35. The minimum atomic E-state index is -4.81. The molecule has 1 amide bonds. The van der Waals surface area contributed by atoms with E-state index in [9.17, 15) is 23.1 Å². The quantitative estimate of drug-likeness (QED) is 0.242. The normalized spacial score (nSPS) is 12.2. The maximum Gasteiger partial charge on any atom is 0.434 e. The van der Waals surface area contributed by atoms with Gasteiger partial charge < -0.3 is 15.7 Å². The number of nitrogens with one attached hydrogen (secondary N) is 2. The Hall–Kier alpha value is -5.04. The molecule has 0 radical (unpaired) electrons. The molecule has 5 aromatic rings. The molecule has 0 fully saturated rings. The zero-order valence-electron chi connectivity index (χ0n) is 21.7. The van der Waals surface area contributed by atoms with Crippen LogP contribution in [0, 0.1) is 0 Å². The Kier molecular flexibility index (Phi) is 7.79. The Bertz CT molecular complexity index is 1650. The van der Waals surface area contributed by atoms with Crippen molar-refractivity contribution in [1.29, 1.82) is 0 Å². The molecule has 210 valence electrons. The fourth-order valence-electron chi connectivity index (χ4n) is 4.17. The summed E-state index contributed by atoms with van der Waals surface area (Å²) in [5.74, 6) is 0.607. The van der Waals surface area contributed by atoms with Crippen LogP contribution in [0.15, 0.2) is 85.5 Å². The second kappa shape index (κ2) is 11.6. The molecule has 10 nitrogen and oxygen atoms in total. The van der Waals surface area contributed by atoms with Crippen LogP contribution in [-0.4, -0.2) is 53.0 Å². The number of imidazole rings is 1. The van der Waals surface area contributed by atoms with Crippen LogP contribution in [0.25, 0.3) is 11.5 Å². The van der Waals surface area contributed by atoms with Crippen LogP contribution < -0.4 is 10.6 Å². The molecule has 1 unspecified atom stereocenters. The van der Waals surface area contributed by atoms with Crippen LogP contribution in [0.3, 0.4) is 0 Å². The highest BCUT2D eigenvalue weighted by Crippen LogP contribution is 2.34. The van der Waals surface area contributed by atoms with Crippen molar-refractivity contribution in [2.75, 3.05) is 17.2 Å². The summed E-state index contributed by atoms with van der Waals surface area (Å²) in [7, 11) is 0. The van der Waals surface area contributed by atoms with Crippen LogP contribution in [0.5, 0.6) is 0 Å².